The lowest BCUT2D eigenvalue weighted by atomic mass is 10.0. The van der Waals surface area contributed by atoms with Crippen molar-refractivity contribution in [3.8, 4) is 0 Å². The minimum Gasteiger partial charge on any atom is -0.367 e. The minimum atomic E-state index is -0.352. The monoisotopic (exact) mass is 211 g/mol. The van der Waals surface area contributed by atoms with E-state index in [1.54, 1.807) is 0 Å². The first kappa shape index (κ1) is 10.4. The standard InChI is InChI=1S/C10H17N3O2/c1-3-6-11-9-12-8(13-15-9)10(2)5-4-7-14-10/h3-7H2,1-2H3,(H,11,12,13). The number of nitrogens with zero attached hydrogens (tertiary/aromatic N) is 2. The van der Waals surface area contributed by atoms with Gasteiger partial charge in [-0.2, -0.15) is 4.98 Å². The molecule has 1 fully saturated rings. The molecule has 2 heterocycles. The third-order valence-electron chi connectivity index (χ3n) is 2.64. The van der Waals surface area contributed by atoms with Crippen LogP contribution in [0.5, 0.6) is 0 Å². The second-order valence-corrected chi connectivity index (χ2v) is 4.03. The van der Waals surface area contributed by atoms with Crippen molar-refractivity contribution in [3.63, 3.8) is 0 Å². The highest BCUT2D eigenvalue weighted by atomic mass is 16.5. The molecule has 0 bridgehead atoms. The lowest BCUT2D eigenvalue weighted by Crippen LogP contribution is -2.21. The smallest absolute Gasteiger partial charge is 0.321 e. The number of rotatable bonds is 4. The van der Waals surface area contributed by atoms with Crippen LogP contribution in [0.4, 0.5) is 6.01 Å². The number of hydrogen-bond acceptors (Lipinski definition) is 5. The van der Waals surface area contributed by atoms with Crippen LogP contribution in [0.25, 0.3) is 0 Å². The molecule has 5 heteroatoms. The molecule has 0 aliphatic carbocycles. The van der Waals surface area contributed by atoms with Gasteiger partial charge in [-0.15, -0.1) is 0 Å². The van der Waals surface area contributed by atoms with Crippen molar-refractivity contribution in [2.45, 2.75) is 38.7 Å². The Labute approximate surface area is 89.2 Å². The summed E-state index contributed by atoms with van der Waals surface area (Å²) < 4.78 is 10.7. The van der Waals surface area contributed by atoms with Gasteiger partial charge in [-0.1, -0.05) is 12.1 Å². The average molecular weight is 211 g/mol. The lowest BCUT2D eigenvalue weighted by molar-refractivity contribution is 0.00768. The Balaban J connectivity index is 2.05. The van der Waals surface area contributed by atoms with Crippen molar-refractivity contribution in [2.75, 3.05) is 18.5 Å². The maximum Gasteiger partial charge on any atom is 0.321 e. The van der Waals surface area contributed by atoms with Gasteiger partial charge < -0.3 is 14.6 Å². The van der Waals surface area contributed by atoms with Gasteiger partial charge in [-0.25, -0.2) is 0 Å². The summed E-state index contributed by atoms with van der Waals surface area (Å²) in [6.45, 7) is 5.72. The Hall–Kier alpha value is -1.10. The third kappa shape index (κ3) is 2.12. The van der Waals surface area contributed by atoms with E-state index in [0.29, 0.717) is 11.8 Å². The number of hydrogen-bond donors (Lipinski definition) is 1. The highest BCUT2D eigenvalue weighted by molar-refractivity contribution is 5.19. The van der Waals surface area contributed by atoms with Gasteiger partial charge in [0.2, 0.25) is 5.82 Å². The molecule has 1 N–H and O–H groups in total. The maximum absolute atomic E-state index is 5.63. The summed E-state index contributed by atoms with van der Waals surface area (Å²) in [5, 5.41) is 7.01. The Morgan fingerprint density at radius 3 is 3.07 bits per heavy atom. The van der Waals surface area contributed by atoms with Crippen molar-refractivity contribution in [3.05, 3.63) is 5.82 Å². The summed E-state index contributed by atoms with van der Waals surface area (Å²) >= 11 is 0. The quantitative estimate of drug-likeness (QED) is 0.824. The number of anilines is 1. The van der Waals surface area contributed by atoms with Gasteiger partial charge in [0.15, 0.2) is 0 Å². The predicted molar refractivity (Wildman–Crippen MR) is 55.6 cm³/mol. The maximum atomic E-state index is 5.63. The van der Waals surface area contributed by atoms with E-state index in [2.05, 4.69) is 22.4 Å². The van der Waals surface area contributed by atoms with E-state index in [0.717, 1.165) is 32.4 Å². The van der Waals surface area contributed by atoms with Gasteiger partial charge in [-0.05, 0) is 26.2 Å². The highest BCUT2D eigenvalue weighted by Crippen LogP contribution is 2.33. The zero-order chi connectivity index (χ0) is 10.7. The predicted octanol–water partition coefficient (Wildman–Crippen LogP) is 1.92. The van der Waals surface area contributed by atoms with Crippen LogP contribution in [0, 0.1) is 0 Å². The average Bonchev–Trinajstić information content (AvgIpc) is 2.84. The molecule has 0 radical (unpaired) electrons. The summed E-state index contributed by atoms with van der Waals surface area (Å²) in [6, 6.07) is 0.489. The molecule has 0 saturated carbocycles. The van der Waals surface area contributed by atoms with Gasteiger partial charge >= 0.3 is 6.01 Å². The largest absolute Gasteiger partial charge is 0.367 e. The number of aromatic nitrogens is 2. The van der Waals surface area contributed by atoms with Gasteiger partial charge in [0, 0.05) is 13.2 Å². The second kappa shape index (κ2) is 4.18. The molecule has 1 atom stereocenters. The van der Waals surface area contributed by atoms with Gasteiger partial charge in [0.1, 0.15) is 5.60 Å². The normalized spacial score (nSPS) is 25.7. The molecule has 1 aliphatic rings. The first-order valence-electron chi connectivity index (χ1n) is 5.46. The van der Waals surface area contributed by atoms with Crippen molar-refractivity contribution in [1.29, 1.82) is 0 Å². The van der Waals surface area contributed by atoms with E-state index in [9.17, 15) is 0 Å². The minimum absolute atomic E-state index is 0.352. The van der Waals surface area contributed by atoms with Crippen LogP contribution in [-0.2, 0) is 10.3 Å². The molecule has 0 amide bonds. The summed E-state index contributed by atoms with van der Waals surface area (Å²) in [7, 11) is 0. The Bertz CT molecular complexity index is 318. The number of ether oxygens (including phenoxy) is 1. The van der Waals surface area contributed by atoms with Crippen molar-refractivity contribution >= 4 is 6.01 Å². The van der Waals surface area contributed by atoms with E-state index in [1.165, 1.54) is 0 Å². The summed E-state index contributed by atoms with van der Waals surface area (Å²) in [5.74, 6) is 0.651. The zero-order valence-electron chi connectivity index (χ0n) is 9.25. The van der Waals surface area contributed by atoms with Crippen LogP contribution in [0.1, 0.15) is 38.9 Å². The Kier molecular flexibility index (Phi) is 2.90. The first-order chi connectivity index (χ1) is 7.24. The molecule has 84 valence electrons. The van der Waals surface area contributed by atoms with E-state index >= 15 is 0 Å². The molecule has 1 aromatic rings. The van der Waals surface area contributed by atoms with Crippen LogP contribution in [0.2, 0.25) is 0 Å². The molecule has 5 nitrogen and oxygen atoms in total. The van der Waals surface area contributed by atoms with E-state index in [4.69, 9.17) is 9.26 Å². The zero-order valence-corrected chi connectivity index (χ0v) is 9.25. The highest BCUT2D eigenvalue weighted by Gasteiger charge is 2.36. The van der Waals surface area contributed by atoms with Crippen LogP contribution < -0.4 is 5.32 Å². The molecule has 1 unspecified atom stereocenters. The molecule has 0 spiro atoms. The third-order valence-corrected chi connectivity index (χ3v) is 2.64. The summed E-state index contributed by atoms with van der Waals surface area (Å²) in [6.07, 6.45) is 3.05. The van der Waals surface area contributed by atoms with Crippen LogP contribution in [0.3, 0.4) is 0 Å². The SMILES string of the molecule is CCCNc1nc(C2(C)CCCO2)no1. The van der Waals surface area contributed by atoms with Gasteiger partial charge in [0.05, 0.1) is 0 Å². The molecule has 1 aliphatic heterocycles. The van der Waals surface area contributed by atoms with Crippen molar-refractivity contribution in [1.82, 2.24) is 10.1 Å². The summed E-state index contributed by atoms with van der Waals surface area (Å²) in [4.78, 5) is 4.29. The second-order valence-electron chi connectivity index (χ2n) is 4.03. The van der Waals surface area contributed by atoms with Crippen molar-refractivity contribution in [2.24, 2.45) is 0 Å². The fraction of sp³-hybridized carbons (Fsp3) is 0.800. The van der Waals surface area contributed by atoms with Gasteiger partial charge in [0.25, 0.3) is 0 Å². The Morgan fingerprint density at radius 1 is 1.53 bits per heavy atom. The molecule has 15 heavy (non-hydrogen) atoms. The van der Waals surface area contributed by atoms with Crippen LogP contribution in [0.15, 0.2) is 4.52 Å². The molecule has 2 rings (SSSR count). The van der Waals surface area contributed by atoms with E-state index in [-0.39, 0.29) is 5.60 Å². The van der Waals surface area contributed by atoms with Crippen LogP contribution >= 0.6 is 0 Å². The molecule has 1 aromatic heterocycles. The van der Waals surface area contributed by atoms with E-state index in [1.807, 2.05) is 6.92 Å². The molecule has 0 aromatic carbocycles. The van der Waals surface area contributed by atoms with Gasteiger partial charge in [-0.3, -0.25) is 0 Å². The fourth-order valence-electron chi connectivity index (χ4n) is 1.70. The fourth-order valence-corrected chi connectivity index (χ4v) is 1.70. The van der Waals surface area contributed by atoms with E-state index < -0.39 is 0 Å². The summed E-state index contributed by atoms with van der Waals surface area (Å²) in [5.41, 5.74) is -0.352. The Morgan fingerprint density at radius 2 is 2.40 bits per heavy atom. The molecule has 1 saturated heterocycles. The molecular formula is C10H17N3O2. The van der Waals surface area contributed by atoms with Crippen LogP contribution in [-0.4, -0.2) is 23.3 Å². The topological polar surface area (TPSA) is 60.2 Å². The molecular weight excluding hydrogens is 194 g/mol. The first-order valence-corrected chi connectivity index (χ1v) is 5.46. The number of nitrogens with one attached hydrogen (secondary N) is 1. The lowest BCUT2D eigenvalue weighted by Gasteiger charge is -2.17. The van der Waals surface area contributed by atoms with Crippen molar-refractivity contribution < 1.29 is 9.26 Å².